The van der Waals surface area contributed by atoms with Crippen molar-refractivity contribution in [2.24, 2.45) is 0 Å². The average Bonchev–Trinajstić information content (AvgIpc) is 2.74. The highest BCUT2D eigenvalue weighted by atomic mass is 35.5. The Kier molecular flexibility index (Phi) is 6.35. The Morgan fingerprint density at radius 1 is 1.17 bits per heavy atom. The highest BCUT2D eigenvalue weighted by Crippen LogP contribution is 2.31. The molecule has 2 amide bonds. The summed E-state index contributed by atoms with van der Waals surface area (Å²) in [6.45, 7) is 2.36. The maximum absolute atomic E-state index is 13.1. The Morgan fingerprint density at radius 3 is 2.83 bits per heavy atom. The van der Waals surface area contributed by atoms with Gasteiger partial charge in [-0.2, -0.15) is 0 Å². The van der Waals surface area contributed by atoms with Crippen LogP contribution >= 0.6 is 23.4 Å². The van der Waals surface area contributed by atoms with E-state index in [9.17, 15) is 9.59 Å². The minimum atomic E-state index is -0.295. The van der Waals surface area contributed by atoms with E-state index in [0.717, 1.165) is 24.8 Å². The molecule has 0 fully saturated rings. The lowest BCUT2D eigenvalue weighted by atomic mass is 9.87. The number of aryl methyl sites for hydroxylation is 1. The van der Waals surface area contributed by atoms with Gasteiger partial charge in [-0.05, 0) is 55.5 Å². The molecule has 0 saturated heterocycles. The van der Waals surface area contributed by atoms with Gasteiger partial charge in [0, 0.05) is 10.8 Å². The molecule has 2 aromatic rings. The highest BCUT2D eigenvalue weighted by Gasteiger charge is 2.25. The molecule has 5 nitrogen and oxygen atoms in total. The van der Waals surface area contributed by atoms with Crippen LogP contribution < -0.4 is 10.6 Å². The van der Waals surface area contributed by atoms with E-state index in [1.807, 2.05) is 12.1 Å². The van der Waals surface area contributed by atoms with Crippen LogP contribution in [0.3, 0.4) is 0 Å². The molecule has 1 aliphatic carbocycles. The average molecular weight is 443 g/mol. The van der Waals surface area contributed by atoms with Gasteiger partial charge in [-0.25, -0.2) is 0 Å². The molecule has 156 valence electrons. The number of rotatable bonds is 4. The molecule has 1 atom stereocenters. The molecule has 0 unspecified atom stereocenters. The number of carbonyl (C=O) groups is 2. The van der Waals surface area contributed by atoms with Crippen LogP contribution in [-0.2, 0) is 16.0 Å². The first-order valence-corrected chi connectivity index (χ1v) is 11.4. The lowest BCUT2D eigenvalue weighted by Crippen LogP contribution is -2.31. The number of nitrogens with one attached hydrogen (secondary N) is 2. The predicted octanol–water partition coefficient (Wildman–Crippen LogP) is 5.08. The minimum absolute atomic E-state index is 0.0473. The fourth-order valence-electron chi connectivity index (χ4n) is 3.87. The summed E-state index contributed by atoms with van der Waals surface area (Å²) in [5.74, 6) is 0.776. The monoisotopic (exact) mass is 442 g/mol. The third kappa shape index (κ3) is 4.50. The number of fused-ring (bicyclic) bond motifs is 1. The van der Waals surface area contributed by atoms with Crippen LogP contribution in [-0.4, -0.2) is 24.2 Å². The standard InChI is InChI=1S/C23H23ClN2O3S/c1-14-21(30-12-11-29-14)23(28)26-20-13-16(24)9-10-18(20)22(27)25-19-8-4-6-15-5-2-3-7-17(15)19/h2-3,5,7,9-10,13,19H,4,6,8,11-12H2,1H3,(H,25,27)(H,26,28)/t19-/m0/s1. The molecule has 2 aromatic carbocycles. The molecule has 2 aliphatic rings. The zero-order valence-corrected chi connectivity index (χ0v) is 18.2. The number of allylic oxidation sites excluding steroid dienone is 1. The molecule has 7 heteroatoms. The summed E-state index contributed by atoms with van der Waals surface area (Å²) in [6, 6.07) is 13.1. The first kappa shape index (κ1) is 20.8. The van der Waals surface area contributed by atoms with Crippen molar-refractivity contribution in [3.8, 4) is 0 Å². The highest BCUT2D eigenvalue weighted by molar-refractivity contribution is 8.04. The van der Waals surface area contributed by atoms with Gasteiger partial charge >= 0.3 is 0 Å². The van der Waals surface area contributed by atoms with Crippen molar-refractivity contribution in [1.29, 1.82) is 0 Å². The summed E-state index contributed by atoms with van der Waals surface area (Å²) < 4.78 is 5.48. The van der Waals surface area contributed by atoms with Crippen molar-refractivity contribution in [1.82, 2.24) is 5.32 Å². The molecule has 0 radical (unpaired) electrons. The molecule has 1 heterocycles. The van der Waals surface area contributed by atoms with E-state index in [-0.39, 0.29) is 17.9 Å². The second-order valence-corrected chi connectivity index (χ2v) is 8.88. The lowest BCUT2D eigenvalue weighted by molar-refractivity contribution is -0.112. The molecule has 2 N–H and O–H groups in total. The van der Waals surface area contributed by atoms with E-state index < -0.39 is 0 Å². The Bertz CT molecular complexity index is 1020. The molecule has 0 saturated carbocycles. The van der Waals surface area contributed by atoms with Crippen molar-refractivity contribution in [2.45, 2.75) is 32.2 Å². The number of thioether (sulfide) groups is 1. The maximum Gasteiger partial charge on any atom is 0.265 e. The number of carbonyl (C=O) groups excluding carboxylic acids is 2. The first-order chi connectivity index (χ1) is 14.5. The molecule has 0 spiro atoms. The number of halogens is 1. The fraction of sp³-hybridized carbons (Fsp3) is 0.304. The summed E-state index contributed by atoms with van der Waals surface area (Å²) >= 11 is 7.60. The van der Waals surface area contributed by atoms with E-state index >= 15 is 0 Å². The molecule has 0 bridgehead atoms. The van der Waals surface area contributed by atoms with E-state index in [1.54, 1.807) is 25.1 Å². The Labute approximate surface area is 185 Å². The van der Waals surface area contributed by atoms with Gasteiger partial charge in [-0.1, -0.05) is 35.9 Å². The largest absolute Gasteiger partial charge is 0.496 e. The van der Waals surface area contributed by atoms with Crippen molar-refractivity contribution < 1.29 is 14.3 Å². The molecular formula is C23H23ClN2O3S. The number of hydrogen-bond acceptors (Lipinski definition) is 4. The normalized spacial score (nSPS) is 18.3. The van der Waals surface area contributed by atoms with Crippen molar-refractivity contribution >= 4 is 40.9 Å². The summed E-state index contributed by atoms with van der Waals surface area (Å²) in [5.41, 5.74) is 3.21. The second kappa shape index (κ2) is 9.14. The lowest BCUT2D eigenvalue weighted by Gasteiger charge is -2.26. The van der Waals surface area contributed by atoms with E-state index in [0.29, 0.717) is 39.3 Å². The third-order valence-electron chi connectivity index (χ3n) is 5.32. The van der Waals surface area contributed by atoms with Crippen LogP contribution in [0.5, 0.6) is 0 Å². The fourth-order valence-corrected chi connectivity index (χ4v) is 4.86. The Morgan fingerprint density at radius 2 is 2.00 bits per heavy atom. The quantitative estimate of drug-likeness (QED) is 0.692. The number of benzene rings is 2. The van der Waals surface area contributed by atoms with Crippen LogP contribution in [0.15, 0.2) is 53.1 Å². The Hall–Kier alpha value is -2.44. The summed E-state index contributed by atoms with van der Waals surface area (Å²) in [5, 5.41) is 6.43. The van der Waals surface area contributed by atoms with Gasteiger partial charge in [0.15, 0.2) is 0 Å². The molecule has 1 aliphatic heterocycles. The van der Waals surface area contributed by atoms with E-state index in [2.05, 4.69) is 22.8 Å². The topological polar surface area (TPSA) is 67.4 Å². The van der Waals surface area contributed by atoms with Gasteiger partial charge in [0.05, 0.1) is 23.9 Å². The minimum Gasteiger partial charge on any atom is -0.496 e. The smallest absolute Gasteiger partial charge is 0.265 e. The third-order valence-corrected chi connectivity index (χ3v) is 6.69. The van der Waals surface area contributed by atoms with Crippen LogP contribution in [0.1, 0.15) is 47.3 Å². The van der Waals surface area contributed by atoms with Crippen LogP contribution in [0, 0.1) is 0 Å². The maximum atomic E-state index is 13.1. The number of anilines is 1. The molecule has 4 rings (SSSR count). The van der Waals surface area contributed by atoms with Gasteiger partial charge in [-0.15, -0.1) is 11.8 Å². The van der Waals surface area contributed by atoms with Crippen LogP contribution in [0.25, 0.3) is 0 Å². The molecular weight excluding hydrogens is 420 g/mol. The van der Waals surface area contributed by atoms with Crippen molar-refractivity contribution in [2.75, 3.05) is 17.7 Å². The zero-order valence-electron chi connectivity index (χ0n) is 16.7. The van der Waals surface area contributed by atoms with Crippen molar-refractivity contribution in [3.05, 3.63) is 74.8 Å². The van der Waals surface area contributed by atoms with Gasteiger partial charge < -0.3 is 15.4 Å². The summed E-state index contributed by atoms with van der Waals surface area (Å²) in [6.07, 6.45) is 2.94. The number of ether oxygens (including phenoxy) is 1. The molecule has 30 heavy (non-hydrogen) atoms. The first-order valence-electron chi connectivity index (χ1n) is 9.99. The summed E-state index contributed by atoms with van der Waals surface area (Å²) in [7, 11) is 0. The van der Waals surface area contributed by atoms with Gasteiger partial charge in [0.2, 0.25) is 0 Å². The SMILES string of the molecule is CC1=C(C(=O)Nc2cc(Cl)ccc2C(=O)N[C@H]2CCCc3ccccc32)SCCO1. The van der Waals surface area contributed by atoms with Gasteiger partial charge in [0.1, 0.15) is 10.7 Å². The zero-order chi connectivity index (χ0) is 21.1. The van der Waals surface area contributed by atoms with Crippen molar-refractivity contribution in [3.63, 3.8) is 0 Å². The van der Waals surface area contributed by atoms with Gasteiger partial charge in [-0.3, -0.25) is 9.59 Å². The predicted molar refractivity (Wildman–Crippen MR) is 121 cm³/mol. The van der Waals surface area contributed by atoms with E-state index in [1.165, 1.54) is 17.3 Å². The summed E-state index contributed by atoms with van der Waals surface area (Å²) in [4.78, 5) is 26.4. The number of hydrogen-bond donors (Lipinski definition) is 2. The van der Waals surface area contributed by atoms with Crippen LogP contribution in [0.4, 0.5) is 5.69 Å². The second-order valence-electron chi connectivity index (χ2n) is 7.34. The molecule has 0 aromatic heterocycles. The Balaban J connectivity index is 1.56. The van der Waals surface area contributed by atoms with E-state index in [4.69, 9.17) is 16.3 Å². The van der Waals surface area contributed by atoms with Crippen LogP contribution in [0.2, 0.25) is 5.02 Å². The number of amides is 2. The van der Waals surface area contributed by atoms with Gasteiger partial charge in [0.25, 0.3) is 11.8 Å².